The minimum Gasteiger partial charge on any atom is -0.488 e. The highest BCUT2D eigenvalue weighted by molar-refractivity contribution is 6.21. The van der Waals surface area contributed by atoms with Gasteiger partial charge in [0, 0.05) is 11.8 Å². The number of nitrogens with one attached hydrogen (secondary N) is 1. The lowest BCUT2D eigenvalue weighted by atomic mass is 9.97. The number of pyridine rings is 1. The number of hydrogen-bond acceptors (Lipinski definition) is 4. The molecule has 28 heavy (non-hydrogen) atoms. The fourth-order valence-electron chi connectivity index (χ4n) is 3.48. The summed E-state index contributed by atoms with van der Waals surface area (Å²) in [5.74, 6) is -0.405. The first kappa shape index (κ1) is 20.5. The van der Waals surface area contributed by atoms with Gasteiger partial charge in [-0.1, -0.05) is 36.8 Å². The van der Waals surface area contributed by atoms with Crippen LogP contribution in [-0.2, 0) is 17.6 Å². The molecule has 1 fully saturated rings. The Morgan fingerprint density at radius 3 is 2.64 bits per heavy atom. The van der Waals surface area contributed by atoms with Crippen LogP contribution in [0.25, 0.3) is 0 Å². The summed E-state index contributed by atoms with van der Waals surface area (Å²) in [6, 6.07) is 11.8. The minimum absolute atomic E-state index is 0.0836. The first-order chi connectivity index (χ1) is 13.6. The van der Waals surface area contributed by atoms with Gasteiger partial charge in [-0.25, -0.2) is 4.79 Å². The third kappa shape index (κ3) is 5.16. The molecule has 0 amide bonds. The summed E-state index contributed by atoms with van der Waals surface area (Å²) < 4.78 is 11.1. The first-order valence-corrected chi connectivity index (χ1v) is 10.3. The van der Waals surface area contributed by atoms with Crippen LogP contribution in [0.3, 0.4) is 0 Å². The summed E-state index contributed by atoms with van der Waals surface area (Å²) in [7, 11) is 0. The van der Waals surface area contributed by atoms with Gasteiger partial charge in [0.05, 0.1) is 12.0 Å². The van der Waals surface area contributed by atoms with E-state index in [1.807, 2.05) is 30.3 Å². The van der Waals surface area contributed by atoms with E-state index in [2.05, 4.69) is 4.98 Å². The van der Waals surface area contributed by atoms with Crippen LogP contribution in [0.15, 0.2) is 41.2 Å². The molecule has 2 unspecified atom stereocenters. The van der Waals surface area contributed by atoms with Crippen LogP contribution < -0.4 is 10.3 Å². The van der Waals surface area contributed by atoms with E-state index in [-0.39, 0.29) is 29.4 Å². The third-order valence-corrected chi connectivity index (χ3v) is 5.46. The molecule has 0 spiro atoms. The number of alkyl halides is 1. The van der Waals surface area contributed by atoms with E-state index in [1.165, 1.54) is 5.56 Å². The molecule has 150 valence electrons. The Labute approximate surface area is 170 Å². The lowest BCUT2D eigenvalue weighted by Crippen LogP contribution is -2.33. The Morgan fingerprint density at radius 2 is 1.93 bits per heavy atom. The van der Waals surface area contributed by atoms with Crippen LogP contribution in [0.5, 0.6) is 5.75 Å². The number of rotatable bonds is 7. The summed E-state index contributed by atoms with van der Waals surface area (Å²) in [6.07, 6.45) is 4.95. The number of halogens is 1. The van der Waals surface area contributed by atoms with Gasteiger partial charge in [0.15, 0.2) is 5.56 Å². The average Bonchev–Trinajstić information content (AvgIpc) is 2.69. The van der Waals surface area contributed by atoms with Gasteiger partial charge in [-0.05, 0) is 44.6 Å². The van der Waals surface area contributed by atoms with Crippen molar-refractivity contribution < 1.29 is 14.3 Å². The van der Waals surface area contributed by atoms with Crippen molar-refractivity contribution in [3.63, 3.8) is 0 Å². The highest BCUT2D eigenvalue weighted by Crippen LogP contribution is 2.29. The second kappa shape index (κ2) is 9.78. The molecule has 2 aromatic rings. The Morgan fingerprint density at radius 1 is 1.18 bits per heavy atom. The van der Waals surface area contributed by atoms with Crippen molar-refractivity contribution in [1.82, 2.24) is 4.98 Å². The van der Waals surface area contributed by atoms with Gasteiger partial charge >= 0.3 is 5.97 Å². The van der Waals surface area contributed by atoms with Crippen molar-refractivity contribution in [2.24, 2.45) is 0 Å². The van der Waals surface area contributed by atoms with Gasteiger partial charge < -0.3 is 14.5 Å². The number of aromatic amines is 1. The zero-order valence-electron chi connectivity index (χ0n) is 16.1. The molecule has 1 aromatic carbocycles. The molecule has 0 aliphatic heterocycles. The van der Waals surface area contributed by atoms with Crippen LogP contribution in [0, 0.1) is 0 Å². The molecule has 5 nitrogen and oxygen atoms in total. The molecule has 1 heterocycles. The fourth-order valence-corrected chi connectivity index (χ4v) is 3.81. The molecular formula is C22H26ClNO4. The SMILES string of the molecule is CCOC(=O)c1c(OC2CCCCC2Cl)cc(CCc2ccccc2)[nH]c1=O. The number of carbonyl (C=O) groups excluding carboxylic acids is 1. The van der Waals surface area contributed by atoms with Crippen LogP contribution >= 0.6 is 11.6 Å². The third-order valence-electron chi connectivity index (χ3n) is 4.96. The van der Waals surface area contributed by atoms with Crippen molar-refractivity contribution in [2.75, 3.05) is 6.61 Å². The van der Waals surface area contributed by atoms with Gasteiger partial charge in [-0.3, -0.25) is 4.79 Å². The summed E-state index contributed by atoms with van der Waals surface area (Å²) in [4.78, 5) is 27.8. The lowest BCUT2D eigenvalue weighted by Gasteiger charge is -2.28. The molecule has 6 heteroatoms. The number of carbonyl (C=O) groups is 1. The Bertz CT molecular complexity index is 849. The number of esters is 1. The zero-order chi connectivity index (χ0) is 19.9. The number of benzene rings is 1. The molecule has 0 radical (unpaired) electrons. The van der Waals surface area contributed by atoms with Crippen molar-refractivity contribution in [3.8, 4) is 5.75 Å². The molecule has 2 atom stereocenters. The molecule has 1 saturated carbocycles. The van der Waals surface area contributed by atoms with Crippen molar-refractivity contribution in [1.29, 1.82) is 0 Å². The Kier molecular flexibility index (Phi) is 7.15. The number of aromatic nitrogens is 1. The number of ether oxygens (including phenoxy) is 2. The summed E-state index contributed by atoms with van der Waals surface area (Å²) in [6.45, 7) is 1.89. The van der Waals surface area contributed by atoms with Crippen molar-refractivity contribution in [3.05, 3.63) is 63.6 Å². The van der Waals surface area contributed by atoms with Gasteiger partial charge in [0.2, 0.25) is 0 Å². The maximum absolute atomic E-state index is 12.6. The van der Waals surface area contributed by atoms with Crippen molar-refractivity contribution in [2.45, 2.75) is 56.9 Å². The van der Waals surface area contributed by atoms with Gasteiger partial charge in [0.25, 0.3) is 5.56 Å². The number of hydrogen-bond donors (Lipinski definition) is 1. The van der Waals surface area contributed by atoms with E-state index in [0.717, 1.165) is 37.8 Å². The number of aryl methyl sites for hydroxylation is 2. The first-order valence-electron chi connectivity index (χ1n) is 9.86. The molecule has 3 rings (SSSR count). The molecule has 1 aliphatic carbocycles. The average molecular weight is 404 g/mol. The highest BCUT2D eigenvalue weighted by atomic mass is 35.5. The molecular weight excluding hydrogens is 378 g/mol. The summed E-state index contributed by atoms with van der Waals surface area (Å²) >= 11 is 6.42. The Balaban J connectivity index is 1.87. The monoisotopic (exact) mass is 403 g/mol. The smallest absolute Gasteiger partial charge is 0.347 e. The minimum atomic E-state index is -0.671. The van der Waals surface area contributed by atoms with Crippen molar-refractivity contribution >= 4 is 17.6 Å². The Hall–Kier alpha value is -2.27. The largest absolute Gasteiger partial charge is 0.488 e. The number of H-pyrrole nitrogens is 1. The summed E-state index contributed by atoms with van der Waals surface area (Å²) in [5.41, 5.74) is 1.33. The second-order valence-electron chi connectivity index (χ2n) is 7.03. The molecule has 0 bridgehead atoms. The lowest BCUT2D eigenvalue weighted by molar-refractivity contribution is 0.0514. The molecule has 1 N–H and O–H groups in total. The van der Waals surface area contributed by atoms with E-state index in [0.29, 0.717) is 6.42 Å². The van der Waals surface area contributed by atoms with Gasteiger partial charge in [-0.2, -0.15) is 0 Å². The standard InChI is InChI=1S/C22H26ClNO4/c1-2-27-22(26)20-19(28-18-11-7-6-10-17(18)23)14-16(24-21(20)25)13-12-15-8-4-3-5-9-15/h3-5,8-9,14,17-18H,2,6-7,10-13H2,1H3,(H,24,25). The van der Waals surface area contributed by atoms with Gasteiger partial charge in [-0.15, -0.1) is 11.6 Å². The predicted molar refractivity (Wildman–Crippen MR) is 109 cm³/mol. The molecule has 1 aliphatic rings. The van der Waals surface area contributed by atoms with Gasteiger partial charge in [0.1, 0.15) is 11.9 Å². The van der Waals surface area contributed by atoms with Crippen LogP contribution in [0.4, 0.5) is 0 Å². The summed E-state index contributed by atoms with van der Waals surface area (Å²) in [5, 5.41) is -0.129. The maximum Gasteiger partial charge on any atom is 0.347 e. The van der Waals surface area contributed by atoms with Crippen LogP contribution in [0.2, 0.25) is 0 Å². The normalized spacial score (nSPS) is 19.2. The van der Waals surface area contributed by atoms with E-state index < -0.39 is 11.5 Å². The van der Waals surface area contributed by atoms with E-state index >= 15 is 0 Å². The zero-order valence-corrected chi connectivity index (χ0v) is 16.8. The maximum atomic E-state index is 12.6. The highest BCUT2D eigenvalue weighted by Gasteiger charge is 2.28. The van der Waals surface area contributed by atoms with Crippen LogP contribution in [0.1, 0.15) is 54.2 Å². The van der Waals surface area contributed by atoms with Crippen LogP contribution in [-0.4, -0.2) is 29.0 Å². The van der Waals surface area contributed by atoms with E-state index in [1.54, 1.807) is 13.0 Å². The van der Waals surface area contributed by atoms with E-state index in [9.17, 15) is 9.59 Å². The fraction of sp³-hybridized carbons (Fsp3) is 0.455. The predicted octanol–water partition coefficient (Wildman–Crippen LogP) is 4.27. The molecule has 0 saturated heterocycles. The van der Waals surface area contributed by atoms with E-state index in [4.69, 9.17) is 21.1 Å². The second-order valence-corrected chi connectivity index (χ2v) is 7.59. The topological polar surface area (TPSA) is 68.4 Å². The molecule has 1 aromatic heterocycles. The quantitative estimate of drug-likeness (QED) is 0.553.